The van der Waals surface area contributed by atoms with Gasteiger partial charge >= 0.3 is 0 Å². The summed E-state index contributed by atoms with van der Waals surface area (Å²) in [4.78, 5) is 19.9. The molecule has 0 aromatic heterocycles. The first kappa shape index (κ1) is 22.8. The van der Waals surface area contributed by atoms with E-state index in [4.69, 9.17) is 16.3 Å². The van der Waals surface area contributed by atoms with Gasteiger partial charge in [0, 0.05) is 30.3 Å². The lowest BCUT2D eigenvalue weighted by Crippen LogP contribution is -2.36. The zero-order valence-electron chi connectivity index (χ0n) is 17.9. The molecule has 32 heavy (non-hydrogen) atoms. The first-order chi connectivity index (χ1) is 15.4. The quantitative estimate of drug-likeness (QED) is 0.631. The summed E-state index contributed by atoms with van der Waals surface area (Å²) in [5.41, 5.74) is 2.01. The molecule has 7 nitrogen and oxygen atoms in total. The van der Waals surface area contributed by atoms with Crippen molar-refractivity contribution in [1.82, 2.24) is 4.31 Å². The van der Waals surface area contributed by atoms with Crippen LogP contribution in [0.4, 0.5) is 11.4 Å². The van der Waals surface area contributed by atoms with Gasteiger partial charge in [-0.1, -0.05) is 37.1 Å². The van der Waals surface area contributed by atoms with Crippen LogP contribution in [-0.2, 0) is 19.6 Å². The van der Waals surface area contributed by atoms with Gasteiger partial charge in [0.15, 0.2) is 5.25 Å². The van der Waals surface area contributed by atoms with E-state index in [-0.39, 0.29) is 12.3 Å². The Bertz CT molecular complexity index is 1110. The Morgan fingerprint density at radius 2 is 1.84 bits per heavy atom. The van der Waals surface area contributed by atoms with Gasteiger partial charge in [-0.15, -0.1) is 0 Å². The van der Waals surface area contributed by atoms with E-state index in [2.05, 4.69) is 9.89 Å². The molecule has 0 aliphatic carbocycles. The highest BCUT2D eigenvalue weighted by Gasteiger charge is 2.50. The summed E-state index contributed by atoms with van der Waals surface area (Å²) in [6.45, 7) is 5.09. The van der Waals surface area contributed by atoms with Crippen LogP contribution < -0.4 is 4.90 Å². The van der Waals surface area contributed by atoms with Gasteiger partial charge in [-0.05, 0) is 48.4 Å². The summed E-state index contributed by atoms with van der Waals surface area (Å²) >= 11 is 6.13. The molecule has 1 atom stereocenters. The Balaban J connectivity index is 1.72. The zero-order chi connectivity index (χ0) is 22.7. The number of rotatable bonds is 6. The summed E-state index contributed by atoms with van der Waals surface area (Å²) in [6.07, 6.45) is 1.37. The minimum atomic E-state index is -3.94. The maximum atomic E-state index is 13.3. The van der Waals surface area contributed by atoms with Crippen LogP contribution >= 0.6 is 11.6 Å². The average molecular weight is 476 g/mol. The van der Waals surface area contributed by atoms with Crippen LogP contribution in [0.3, 0.4) is 0 Å². The fraction of sp³-hybridized carbons (Fsp3) is 0.391. The number of hydrogen-bond donors (Lipinski definition) is 0. The largest absolute Gasteiger partial charge is 0.378 e. The summed E-state index contributed by atoms with van der Waals surface area (Å²) in [5.74, 6) is -0.569. The third-order valence-corrected chi connectivity index (χ3v) is 7.93. The van der Waals surface area contributed by atoms with Crippen LogP contribution in [0.1, 0.15) is 30.6 Å². The van der Waals surface area contributed by atoms with Crippen LogP contribution in [-0.4, -0.2) is 57.2 Å². The Morgan fingerprint density at radius 3 is 2.50 bits per heavy atom. The van der Waals surface area contributed by atoms with Crippen molar-refractivity contribution in [3.63, 3.8) is 0 Å². The average Bonchev–Trinajstić information content (AvgIpc) is 2.98. The second-order valence-corrected chi connectivity index (χ2v) is 10.2. The van der Waals surface area contributed by atoms with Gasteiger partial charge in [0.05, 0.1) is 18.9 Å². The molecule has 0 radical (unpaired) electrons. The number of unbranched alkanes of at least 4 members (excludes halogenated alkanes) is 1. The van der Waals surface area contributed by atoms with Crippen molar-refractivity contribution >= 4 is 44.6 Å². The van der Waals surface area contributed by atoms with Gasteiger partial charge in [-0.2, -0.15) is 0 Å². The minimum absolute atomic E-state index is 0.00231. The SMILES string of the molecule is CCCCN1C(=O)C(=Nc2ccc(N3CCOCC3)cc2)C(c2cccc(Cl)c2)S1(=O)=O. The van der Waals surface area contributed by atoms with E-state index in [9.17, 15) is 13.2 Å². The van der Waals surface area contributed by atoms with Crippen molar-refractivity contribution in [3.05, 3.63) is 59.1 Å². The molecule has 2 aromatic rings. The number of benzene rings is 2. The first-order valence-electron chi connectivity index (χ1n) is 10.7. The van der Waals surface area contributed by atoms with Gasteiger partial charge in [0.25, 0.3) is 15.9 Å². The van der Waals surface area contributed by atoms with Crippen LogP contribution in [0.25, 0.3) is 0 Å². The van der Waals surface area contributed by atoms with Crippen LogP contribution in [0.2, 0.25) is 5.02 Å². The van der Waals surface area contributed by atoms with Crippen molar-refractivity contribution in [3.8, 4) is 0 Å². The lowest BCUT2D eigenvalue weighted by atomic mass is 10.1. The fourth-order valence-electron chi connectivity index (χ4n) is 3.96. The number of aliphatic imine (C=N–C) groups is 1. The topological polar surface area (TPSA) is 79.3 Å². The highest BCUT2D eigenvalue weighted by Crippen LogP contribution is 2.37. The predicted octanol–water partition coefficient (Wildman–Crippen LogP) is 3.96. The van der Waals surface area contributed by atoms with E-state index in [1.807, 2.05) is 19.1 Å². The lowest BCUT2D eigenvalue weighted by Gasteiger charge is -2.28. The van der Waals surface area contributed by atoms with Gasteiger partial charge in [-0.25, -0.2) is 17.7 Å². The van der Waals surface area contributed by atoms with Gasteiger partial charge in [0.1, 0.15) is 5.71 Å². The monoisotopic (exact) mass is 475 g/mol. The number of anilines is 1. The second kappa shape index (κ2) is 9.60. The van der Waals surface area contributed by atoms with E-state index in [0.29, 0.717) is 35.9 Å². The van der Waals surface area contributed by atoms with Crippen LogP contribution in [0.5, 0.6) is 0 Å². The number of carbonyl (C=O) groups is 1. The highest BCUT2D eigenvalue weighted by molar-refractivity contribution is 7.91. The van der Waals surface area contributed by atoms with Crippen LogP contribution in [0, 0.1) is 0 Å². The zero-order valence-corrected chi connectivity index (χ0v) is 19.5. The van der Waals surface area contributed by atoms with E-state index in [0.717, 1.165) is 29.5 Å². The van der Waals surface area contributed by atoms with E-state index in [1.165, 1.54) is 0 Å². The molecule has 0 saturated carbocycles. The summed E-state index contributed by atoms with van der Waals surface area (Å²) in [7, 11) is -3.94. The van der Waals surface area contributed by atoms with Crippen molar-refractivity contribution in [2.75, 3.05) is 37.7 Å². The molecule has 2 aromatic carbocycles. The molecule has 0 N–H and O–H groups in total. The number of halogens is 1. The molecule has 0 bridgehead atoms. The molecule has 1 unspecified atom stereocenters. The molecule has 2 aliphatic heterocycles. The van der Waals surface area contributed by atoms with E-state index in [1.54, 1.807) is 36.4 Å². The van der Waals surface area contributed by atoms with Crippen LogP contribution in [0.15, 0.2) is 53.5 Å². The van der Waals surface area contributed by atoms with Crippen molar-refractivity contribution in [2.45, 2.75) is 25.0 Å². The molecule has 2 aliphatic rings. The molecule has 1 amide bonds. The number of carbonyl (C=O) groups excluding carboxylic acids is 1. The molecular weight excluding hydrogens is 450 g/mol. The molecule has 0 spiro atoms. The van der Waals surface area contributed by atoms with E-state index < -0.39 is 21.2 Å². The molecule has 9 heteroatoms. The predicted molar refractivity (Wildman–Crippen MR) is 126 cm³/mol. The third kappa shape index (κ3) is 4.53. The molecule has 2 saturated heterocycles. The molecule has 170 valence electrons. The summed E-state index contributed by atoms with van der Waals surface area (Å²) in [6, 6.07) is 14.1. The van der Waals surface area contributed by atoms with Gasteiger partial charge < -0.3 is 9.64 Å². The Labute approximate surface area is 193 Å². The summed E-state index contributed by atoms with van der Waals surface area (Å²) in [5, 5.41) is -0.768. The third-order valence-electron chi connectivity index (χ3n) is 5.64. The number of morpholine rings is 1. The number of ether oxygens (including phenoxy) is 1. The normalized spacial score (nSPS) is 22.0. The molecular formula is C23H26ClN3O4S. The second-order valence-electron chi connectivity index (χ2n) is 7.82. The maximum Gasteiger partial charge on any atom is 0.283 e. The van der Waals surface area contributed by atoms with Crippen molar-refractivity contribution in [1.29, 1.82) is 0 Å². The Hall–Kier alpha value is -2.42. The molecule has 2 heterocycles. The number of amides is 1. The standard InChI is InChI=1S/C23H26ClN3O4S/c1-2-3-11-27-23(28)21(22(32(27,29)30)17-5-4-6-18(24)16-17)25-19-7-9-20(10-8-19)26-12-14-31-15-13-26/h4-10,16,22H,2-3,11-15H2,1H3. The maximum absolute atomic E-state index is 13.3. The number of nitrogens with zero attached hydrogens (tertiary/aromatic N) is 3. The van der Waals surface area contributed by atoms with Crippen molar-refractivity contribution in [2.24, 2.45) is 4.99 Å². The first-order valence-corrected chi connectivity index (χ1v) is 12.6. The molecule has 2 fully saturated rings. The van der Waals surface area contributed by atoms with Gasteiger partial charge in [-0.3, -0.25) is 4.79 Å². The molecule has 4 rings (SSSR count). The summed E-state index contributed by atoms with van der Waals surface area (Å²) < 4.78 is 33.0. The highest BCUT2D eigenvalue weighted by atomic mass is 35.5. The Kier molecular flexibility index (Phi) is 6.83. The number of sulfonamides is 1. The minimum Gasteiger partial charge on any atom is -0.378 e. The fourth-order valence-corrected chi connectivity index (χ4v) is 6.05. The van der Waals surface area contributed by atoms with Crippen molar-refractivity contribution < 1.29 is 17.9 Å². The van der Waals surface area contributed by atoms with E-state index >= 15 is 0 Å². The van der Waals surface area contributed by atoms with Gasteiger partial charge in [0.2, 0.25) is 0 Å². The number of hydrogen-bond acceptors (Lipinski definition) is 6. The Morgan fingerprint density at radius 1 is 1.12 bits per heavy atom. The lowest BCUT2D eigenvalue weighted by molar-refractivity contribution is -0.119. The smallest absolute Gasteiger partial charge is 0.283 e.